The number of nitrogens with zero attached hydrogens (tertiary/aromatic N) is 4. The third-order valence-electron chi connectivity index (χ3n) is 3.96. The van der Waals surface area contributed by atoms with E-state index in [2.05, 4.69) is 10.3 Å². The fourth-order valence-electron chi connectivity index (χ4n) is 2.78. The van der Waals surface area contributed by atoms with Crippen LogP contribution in [-0.2, 0) is 6.54 Å². The summed E-state index contributed by atoms with van der Waals surface area (Å²) in [6, 6.07) is 4.43. The Morgan fingerprint density at radius 2 is 2.35 bits per heavy atom. The molecular formula is C15H17FN4O3. The van der Waals surface area contributed by atoms with E-state index in [9.17, 15) is 14.3 Å². The summed E-state index contributed by atoms with van der Waals surface area (Å²) in [4.78, 5) is 13.9. The average molecular weight is 320 g/mol. The zero-order valence-electron chi connectivity index (χ0n) is 12.6. The van der Waals surface area contributed by atoms with Crippen LogP contribution >= 0.6 is 0 Å². The first-order chi connectivity index (χ1) is 11.0. The number of β-amino-alcohol motifs (C(OH)–C–C–N with tert-alkyl or cyclic N) is 1. The Morgan fingerprint density at radius 1 is 1.52 bits per heavy atom. The maximum Gasteiger partial charge on any atom is 0.257 e. The van der Waals surface area contributed by atoms with Crippen molar-refractivity contribution in [3.05, 3.63) is 42.0 Å². The lowest BCUT2D eigenvalue weighted by Crippen LogP contribution is -2.39. The van der Waals surface area contributed by atoms with Crippen LogP contribution in [0.2, 0.25) is 0 Å². The van der Waals surface area contributed by atoms with Crippen molar-refractivity contribution < 1.29 is 19.0 Å². The molecule has 0 radical (unpaired) electrons. The predicted octanol–water partition coefficient (Wildman–Crippen LogP) is 0.703. The van der Waals surface area contributed by atoms with Crippen molar-refractivity contribution in [1.82, 2.24) is 19.9 Å². The summed E-state index contributed by atoms with van der Waals surface area (Å²) in [5.41, 5.74) is -1.16. The molecule has 3 rings (SSSR count). The van der Waals surface area contributed by atoms with Gasteiger partial charge in [0.05, 0.1) is 32.0 Å². The number of carbonyl (C=O) groups is 1. The van der Waals surface area contributed by atoms with Gasteiger partial charge in [0.1, 0.15) is 5.60 Å². The molecule has 1 atom stereocenters. The second kappa shape index (κ2) is 5.96. The summed E-state index contributed by atoms with van der Waals surface area (Å²) in [7, 11) is 1.35. The first-order valence-electron chi connectivity index (χ1n) is 7.21. The van der Waals surface area contributed by atoms with E-state index in [1.807, 2.05) is 0 Å². The normalized spacial score (nSPS) is 20.7. The van der Waals surface area contributed by atoms with Crippen LogP contribution in [-0.4, -0.2) is 56.7 Å². The Kier molecular flexibility index (Phi) is 3.99. The number of amides is 1. The summed E-state index contributed by atoms with van der Waals surface area (Å²) >= 11 is 0. The van der Waals surface area contributed by atoms with E-state index in [0.29, 0.717) is 13.0 Å². The molecule has 1 aliphatic heterocycles. The molecular weight excluding hydrogens is 303 g/mol. The van der Waals surface area contributed by atoms with E-state index >= 15 is 0 Å². The second-order valence-corrected chi connectivity index (χ2v) is 5.62. The lowest BCUT2D eigenvalue weighted by Gasteiger charge is -2.23. The molecule has 23 heavy (non-hydrogen) atoms. The summed E-state index contributed by atoms with van der Waals surface area (Å²) in [6.45, 7) is 0.695. The van der Waals surface area contributed by atoms with Crippen LogP contribution in [0.25, 0.3) is 0 Å². The molecule has 1 unspecified atom stereocenters. The molecule has 1 aromatic carbocycles. The highest BCUT2D eigenvalue weighted by molar-refractivity contribution is 5.95. The molecule has 0 aliphatic carbocycles. The van der Waals surface area contributed by atoms with Gasteiger partial charge >= 0.3 is 0 Å². The van der Waals surface area contributed by atoms with Crippen molar-refractivity contribution in [3.8, 4) is 5.75 Å². The molecule has 1 aromatic heterocycles. The molecule has 1 amide bonds. The highest BCUT2D eigenvalue weighted by Crippen LogP contribution is 2.27. The maximum atomic E-state index is 14.2. The molecule has 8 heteroatoms. The van der Waals surface area contributed by atoms with Crippen LogP contribution in [0, 0.1) is 5.82 Å². The summed E-state index contributed by atoms with van der Waals surface area (Å²) < 4.78 is 20.6. The number of hydrogen-bond donors (Lipinski definition) is 1. The van der Waals surface area contributed by atoms with Gasteiger partial charge in [-0.1, -0.05) is 11.3 Å². The van der Waals surface area contributed by atoms with Gasteiger partial charge < -0.3 is 14.7 Å². The van der Waals surface area contributed by atoms with Gasteiger partial charge in [0.15, 0.2) is 11.6 Å². The molecule has 1 aliphatic rings. The number of aromatic nitrogens is 3. The van der Waals surface area contributed by atoms with Gasteiger partial charge in [-0.2, -0.15) is 0 Å². The number of halogens is 1. The van der Waals surface area contributed by atoms with Crippen LogP contribution in [0.4, 0.5) is 4.39 Å². The lowest BCUT2D eigenvalue weighted by atomic mass is 10.0. The van der Waals surface area contributed by atoms with E-state index in [1.165, 1.54) is 35.0 Å². The molecule has 7 nitrogen and oxygen atoms in total. The maximum absolute atomic E-state index is 14.2. The van der Waals surface area contributed by atoms with E-state index in [-0.39, 0.29) is 24.4 Å². The third-order valence-corrected chi connectivity index (χ3v) is 3.96. The largest absolute Gasteiger partial charge is 0.494 e. The fourth-order valence-corrected chi connectivity index (χ4v) is 2.78. The summed E-state index contributed by atoms with van der Waals surface area (Å²) in [5, 5.41) is 18.1. The van der Waals surface area contributed by atoms with Crippen molar-refractivity contribution >= 4 is 5.91 Å². The summed E-state index contributed by atoms with van der Waals surface area (Å²) in [6.07, 6.45) is 3.56. The number of aliphatic hydroxyl groups is 1. The Morgan fingerprint density at radius 3 is 3.04 bits per heavy atom. The molecule has 1 N–H and O–H groups in total. The number of carbonyl (C=O) groups excluding carboxylic acids is 1. The zero-order chi connectivity index (χ0) is 16.4. The molecule has 1 fully saturated rings. The van der Waals surface area contributed by atoms with Gasteiger partial charge in [-0.3, -0.25) is 4.79 Å². The van der Waals surface area contributed by atoms with Gasteiger partial charge in [0, 0.05) is 12.7 Å². The quantitative estimate of drug-likeness (QED) is 0.897. The number of rotatable bonds is 4. The molecule has 0 spiro atoms. The van der Waals surface area contributed by atoms with Crippen LogP contribution in [0.15, 0.2) is 30.6 Å². The van der Waals surface area contributed by atoms with Crippen molar-refractivity contribution in [2.75, 3.05) is 20.2 Å². The van der Waals surface area contributed by atoms with E-state index in [4.69, 9.17) is 4.74 Å². The first kappa shape index (κ1) is 15.4. The number of likely N-dealkylation sites (tertiary alicyclic amines) is 1. The highest BCUT2D eigenvalue weighted by atomic mass is 19.1. The first-order valence-corrected chi connectivity index (χ1v) is 7.21. The topological polar surface area (TPSA) is 80.5 Å². The van der Waals surface area contributed by atoms with E-state index in [1.54, 1.807) is 12.3 Å². The van der Waals surface area contributed by atoms with Crippen molar-refractivity contribution in [2.24, 2.45) is 0 Å². The van der Waals surface area contributed by atoms with E-state index in [0.717, 1.165) is 0 Å². The van der Waals surface area contributed by atoms with Crippen LogP contribution in [0.1, 0.15) is 16.8 Å². The second-order valence-electron chi connectivity index (χ2n) is 5.62. The number of hydrogen-bond acceptors (Lipinski definition) is 5. The monoisotopic (exact) mass is 320 g/mol. The highest BCUT2D eigenvalue weighted by Gasteiger charge is 2.39. The standard InChI is InChI=1S/C15H17FN4O3/c1-23-12-4-2-3-11(13(12)16)14(21)19-7-5-15(22,9-19)10-20-8-6-17-18-20/h2-4,6,8,22H,5,7,9-10H2,1H3. The smallest absolute Gasteiger partial charge is 0.257 e. The van der Waals surface area contributed by atoms with E-state index < -0.39 is 17.3 Å². The average Bonchev–Trinajstić information content (AvgIpc) is 3.17. The Hall–Kier alpha value is -2.48. The van der Waals surface area contributed by atoms with Crippen LogP contribution in [0.3, 0.4) is 0 Å². The van der Waals surface area contributed by atoms with Gasteiger partial charge in [-0.05, 0) is 18.6 Å². The molecule has 122 valence electrons. The van der Waals surface area contributed by atoms with Crippen molar-refractivity contribution in [3.63, 3.8) is 0 Å². The Labute approximate surface area is 132 Å². The molecule has 1 saturated heterocycles. The zero-order valence-corrected chi connectivity index (χ0v) is 12.6. The minimum Gasteiger partial charge on any atom is -0.494 e. The Bertz CT molecular complexity index is 707. The lowest BCUT2D eigenvalue weighted by molar-refractivity contribution is 0.0266. The molecule has 2 aromatic rings. The number of methoxy groups -OCH3 is 1. The Balaban J connectivity index is 1.75. The van der Waals surface area contributed by atoms with Gasteiger partial charge in [0.2, 0.25) is 0 Å². The van der Waals surface area contributed by atoms with Crippen molar-refractivity contribution in [2.45, 2.75) is 18.6 Å². The minimum absolute atomic E-state index is 0.0212. The molecule has 0 saturated carbocycles. The predicted molar refractivity (Wildman–Crippen MR) is 78.4 cm³/mol. The van der Waals surface area contributed by atoms with Crippen molar-refractivity contribution in [1.29, 1.82) is 0 Å². The van der Waals surface area contributed by atoms with Gasteiger partial charge in [-0.15, -0.1) is 5.10 Å². The van der Waals surface area contributed by atoms with Crippen LogP contribution < -0.4 is 4.74 Å². The summed E-state index contributed by atoms with van der Waals surface area (Å²) in [5.74, 6) is -1.13. The third kappa shape index (κ3) is 3.02. The van der Waals surface area contributed by atoms with Gasteiger partial charge in [-0.25, -0.2) is 9.07 Å². The fraction of sp³-hybridized carbons (Fsp3) is 0.400. The SMILES string of the molecule is COc1cccc(C(=O)N2CCC(O)(Cn3ccnn3)C2)c1F. The molecule has 2 heterocycles. The van der Waals surface area contributed by atoms with Crippen LogP contribution in [0.5, 0.6) is 5.75 Å². The number of ether oxygens (including phenoxy) is 1. The van der Waals surface area contributed by atoms with Gasteiger partial charge in [0.25, 0.3) is 5.91 Å². The molecule has 0 bridgehead atoms. The number of benzene rings is 1. The minimum atomic E-state index is -1.10.